The fourth-order valence-corrected chi connectivity index (χ4v) is 1.51. The van der Waals surface area contributed by atoms with E-state index in [1.165, 1.54) is 0 Å². The molecule has 1 saturated heterocycles. The van der Waals surface area contributed by atoms with Crippen molar-refractivity contribution in [1.82, 2.24) is 9.80 Å². The zero-order chi connectivity index (χ0) is 11.3. The maximum atomic E-state index is 11.6. The Morgan fingerprint density at radius 2 is 2.07 bits per heavy atom. The third-order valence-corrected chi connectivity index (χ3v) is 2.52. The van der Waals surface area contributed by atoms with Crippen molar-refractivity contribution in [2.75, 3.05) is 26.2 Å². The second-order valence-electron chi connectivity index (χ2n) is 3.76. The number of carbonyl (C=O) groups is 2. The van der Waals surface area contributed by atoms with Gasteiger partial charge in [-0.25, -0.2) is 0 Å². The van der Waals surface area contributed by atoms with Crippen molar-refractivity contribution >= 4 is 12.3 Å². The van der Waals surface area contributed by atoms with E-state index in [9.17, 15) is 9.59 Å². The molecule has 2 amide bonds. The van der Waals surface area contributed by atoms with Crippen molar-refractivity contribution in [3.8, 4) is 6.07 Å². The first-order valence-electron chi connectivity index (χ1n) is 5.04. The lowest BCUT2D eigenvalue weighted by Crippen LogP contribution is -2.48. The van der Waals surface area contributed by atoms with Crippen LogP contribution < -0.4 is 0 Å². The van der Waals surface area contributed by atoms with Gasteiger partial charge in [-0.05, 0) is 6.92 Å². The predicted molar refractivity (Wildman–Crippen MR) is 53.6 cm³/mol. The standard InChI is InChI=1S/C10H15N3O2/c1-9(7-11)6-10(15)13-4-2-12(8-14)3-5-13/h8-9H,2-6H2,1H3. The van der Waals surface area contributed by atoms with E-state index in [1.807, 2.05) is 6.07 Å². The molecule has 1 unspecified atom stereocenters. The molecule has 0 N–H and O–H groups in total. The van der Waals surface area contributed by atoms with Gasteiger partial charge in [-0.1, -0.05) is 0 Å². The number of carbonyl (C=O) groups excluding carboxylic acids is 2. The van der Waals surface area contributed by atoms with Crippen LogP contribution in [0.15, 0.2) is 0 Å². The summed E-state index contributed by atoms with van der Waals surface area (Å²) >= 11 is 0. The average molecular weight is 209 g/mol. The third kappa shape index (κ3) is 3.24. The molecule has 0 aromatic carbocycles. The average Bonchev–Trinajstić information content (AvgIpc) is 2.29. The molecular weight excluding hydrogens is 194 g/mol. The largest absolute Gasteiger partial charge is 0.342 e. The Morgan fingerprint density at radius 1 is 1.47 bits per heavy atom. The van der Waals surface area contributed by atoms with E-state index in [1.54, 1.807) is 16.7 Å². The third-order valence-electron chi connectivity index (χ3n) is 2.52. The highest BCUT2D eigenvalue weighted by Gasteiger charge is 2.21. The van der Waals surface area contributed by atoms with Crippen LogP contribution in [0.1, 0.15) is 13.3 Å². The van der Waals surface area contributed by atoms with E-state index in [2.05, 4.69) is 0 Å². The smallest absolute Gasteiger partial charge is 0.224 e. The van der Waals surface area contributed by atoms with Crippen LogP contribution in [0.2, 0.25) is 0 Å². The lowest BCUT2D eigenvalue weighted by molar-refractivity contribution is -0.135. The van der Waals surface area contributed by atoms with Crippen LogP contribution in [-0.4, -0.2) is 48.3 Å². The molecule has 0 radical (unpaired) electrons. The first kappa shape index (κ1) is 11.5. The Balaban J connectivity index is 2.37. The number of nitrogens with zero attached hydrogens (tertiary/aromatic N) is 3. The quantitative estimate of drug-likeness (QED) is 0.606. The molecule has 1 heterocycles. The highest BCUT2D eigenvalue weighted by molar-refractivity contribution is 5.77. The summed E-state index contributed by atoms with van der Waals surface area (Å²) in [4.78, 5) is 25.4. The first-order chi connectivity index (χ1) is 7.17. The number of amides is 2. The maximum Gasteiger partial charge on any atom is 0.224 e. The Kier molecular flexibility index (Phi) is 4.10. The molecule has 0 aliphatic carbocycles. The topological polar surface area (TPSA) is 64.4 Å². The summed E-state index contributed by atoms with van der Waals surface area (Å²) in [6, 6.07) is 2.04. The lowest BCUT2D eigenvalue weighted by Gasteiger charge is -2.32. The summed E-state index contributed by atoms with van der Waals surface area (Å²) in [7, 11) is 0. The van der Waals surface area contributed by atoms with Crippen LogP contribution in [0.3, 0.4) is 0 Å². The van der Waals surface area contributed by atoms with E-state index in [4.69, 9.17) is 5.26 Å². The van der Waals surface area contributed by atoms with Crippen molar-refractivity contribution in [2.45, 2.75) is 13.3 Å². The molecule has 0 saturated carbocycles. The highest BCUT2D eigenvalue weighted by Crippen LogP contribution is 2.07. The van der Waals surface area contributed by atoms with Gasteiger partial charge >= 0.3 is 0 Å². The molecular formula is C10H15N3O2. The molecule has 82 valence electrons. The molecule has 0 spiro atoms. The Labute approximate surface area is 89.3 Å². The lowest BCUT2D eigenvalue weighted by atomic mass is 10.1. The molecule has 1 rings (SSSR count). The molecule has 15 heavy (non-hydrogen) atoms. The normalized spacial score (nSPS) is 18.1. The first-order valence-corrected chi connectivity index (χ1v) is 5.04. The molecule has 1 fully saturated rings. The molecule has 5 heteroatoms. The molecule has 0 bridgehead atoms. The highest BCUT2D eigenvalue weighted by atomic mass is 16.2. The summed E-state index contributed by atoms with van der Waals surface area (Å²) in [5.41, 5.74) is 0. The van der Waals surface area contributed by atoms with Crippen molar-refractivity contribution in [1.29, 1.82) is 5.26 Å². The fraction of sp³-hybridized carbons (Fsp3) is 0.700. The van der Waals surface area contributed by atoms with Crippen LogP contribution in [0, 0.1) is 17.2 Å². The summed E-state index contributed by atoms with van der Waals surface area (Å²) in [5, 5.41) is 8.59. The Hall–Kier alpha value is -1.57. The second kappa shape index (κ2) is 5.35. The Bertz CT molecular complexity index is 277. The van der Waals surface area contributed by atoms with Crippen LogP contribution >= 0.6 is 0 Å². The minimum atomic E-state index is -0.235. The van der Waals surface area contributed by atoms with Crippen LogP contribution in [0.4, 0.5) is 0 Å². The zero-order valence-electron chi connectivity index (χ0n) is 8.85. The van der Waals surface area contributed by atoms with Gasteiger partial charge in [0.05, 0.1) is 12.0 Å². The van der Waals surface area contributed by atoms with Crippen molar-refractivity contribution in [2.24, 2.45) is 5.92 Å². The number of hydrogen-bond donors (Lipinski definition) is 0. The van der Waals surface area contributed by atoms with Crippen molar-refractivity contribution in [3.63, 3.8) is 0 Å². The Morgan fingerprint density at radius 3 is 2.53 bits per heavy atom. The second-order valence-corrected chi connectivity index (χ2v) is 3.76. The molecule has 1 aliphatic heterocycles. The minimum Gasteiger partial charge on any atom is -0.342 e. The molecule has 1 aliphatic rings. The molecule has 1 atom stereocenters. The molecule has 0 aromatic rings. The number of rotatable bonds is 3. The van der Waals surface area contributed by atoms with Gasteiger partial charge in [0.2, 0.25) is 12.3 Å². The number of nitriles is 1. The van der Waals surface area contributed by atoms with E-state index in [0.29, 0.717) is 26.2 Å². The monoisotopic (exact) mass is 209 g/mol. The van der Waals surface area contributed by atoms with Crippen LogP contribution in [0.5, 0.6) is 0 Å². The van der Waals surface area contributed by atoms with E-state index >= 15 is 0 Å². The fourth-order valence-electron chi connectivity index (χ4n) is 1.51. The van der Waals surface area contributed by atoms with E-state index in [0.717, 1.165) is 6.41 Å². The minimum absolute atomic E-state index is 0.00889. The summed E-state index contributed by atoms with van der Waals surface area (Å²) in [6.45, 7) is 4.08. The van der Waals surface area contributed by atoms with Gasteiger partial charge in [0.15, 0.2) is 0 Å². The van der Waals surface area contributed by atoms with Gasteiger partial charge in [0, 0.05) is 32.6 Å². The van der Waals surface area contributed by atoms with Gasteiger partial charge < -0.3 is 9.80 Å². The molecule has 0 aromatic heterocycles. The predicted octanol–water partition coefficient (Wildman–Crippen LogP) is -0.163. The summed E-state index contributed by atoms with van der Waals surface area (Å²) in [6.07, 6.45) is 1.08. The van der Waals surface area contributed by atoms with Gasteiger partial charge in [-0.2, -0.15) is 5.26 Å². The van der Waals surface area contributed by atoms with Gasteiger partial charge in [-0.3, -0.25) is 9.59 Å². The summed E-state index contributed by atoms with van der Waals surface area (Å²) in [5.74, 6) is -0.226. The van der Waals surface area contributed by atoms with Gasteiger partial charge in [0.1, 0.15) is 0 Å². The van der Waals surface area contributed by atoms with Crippen LogP contribution in [0.25, 0.3) is 0 Å². The van der Waals surface area contributed by atoms with Crippen molar-refractivity contribution in [3.05, 3.63) is 0 Å². The van der Waals surface area contributed by atoms with E-state index in [-0.39, 0.29) is 18.2 Å². The van der Waals surface area contributed by atoms with Crippen LogP contribution in [-0.2, 0) is 9.59 Å². The summed E-state index contributed by atoms with van der Waals surface area (Å²) < 4.78 is 0. The van der Waals surface area contributed by atoms with Crippen molar-refractivity contribution < 1.29 is 9.59 Å². The zero-order valence-corrected chi connectivity index (χ0v) is 8.85. The number of piperazine rings is 1. The van der Waals surface area contributed by atoms with Gasteiger partial charge in [-0.15, -0.1) is 0 Å². The SMILES string of the molecule is CC(C#N)CC(=O)N1CCN(C=O)CC1. The van der Waals surface area contributed by atoms with E-state index < -0.39 is 0 Å². The maximum absolute atomic E-state index is 11.6. The van der Waals surface area contributed by atoms with Gasteiger partial charge in [0.25, 0.3) is 0 Å². The number of hydrogen-bond acceptors (Lipinski definition) is 3. The molecule has 5 nitrogen and oxygen atoms in total.